The molecule has 2 aliphatic heterocycles. The molecule has 150 valence electrons. The molecule has 1 aromatic heterocycles. The minimum absolute atomic E-state index is 0.119. The van der Waals surface area contributed by atoms with Crippen LogP contribution in [0.25, 0.3) is 11.0 Å². The summed E-state index contributed by atoms with van der Waals surface area (Å²) in [6.07, 6.45) is -0.353. The summed E-state index contributed by atoms with van der Waals surface area (Å²) in [5.74, 6) is 1.38. The third kappa shape index (κ3) is 3.12. The largest absolute Gasteiger partial charge is 0.371 e. The number of methoxy groups -OCH3 is 1. The number of ether oxygens (including phenoxy) is 1. The minimum Gasteiger partial charge on any atom is -0.371 e. The number of hydrogen-bond donors (Lipinski definition) is 0. The Bertz CT molecular complexity index is 1030. The first-order chi connectivity index (χ1) is 14.2. The van der Waals surface area contributed by atoms with Crippen LogP contribution in [-0.4, -0.2) is 57.6 Å². The standard InChI is InChI=1S/C23H26N4O2/c1-25-19-11-7-6-10-18(19)24-21(25)15-26-13-17-20(14-26)27(23(28)22(17)29-2)12-16-8-4-3-5-9-16/h3-11,17,20,22H,12-15H2,1-2H3/t17-,20+,22-/m0/s1. The van der Waals surface area contributed by atoms with E-state index in [0.29, 0.717) is 6.54 Å². The van der Waals surface area contributed by atoms with Gasteiger partial charge in [-0.1, -0.05) is 42.5 Å². The first kappa shape index (κ1) is 18.3. The first-order valence-electron chi connectivity index (χ1n) is 10.2. The number of aryl methyl sites for hydroxylation is 1. The van der Waals surface area contributed by atoms with Gasteiger partial charge in [0.05, 0.1) is 23.6 Å². The van der Waals surface area contributed by atoms with E-state index in [0.717, 1.165) is 42.1 Å². The van der Waals surface area contributed by atoms with Crippen LogP contribution in [0.15, 0.2) is 54.6 Å². The van der Waals surface area contributed by atoms with Gasteiger partial charge in [-0.25, -0.2) is 4.98 Å². The summed E-state index contributed by atoms with van der Waals surface area (Å²) in [7, 11) is 3.73. The Morgan fingerprint density at radius 1 is 1.03 bits per heavy atom. The smallest absolute Gasteiger partial charge is 0.252 e. The van der Waals surface area contributed by atoms with Crippen LogP contribution in [0.5, 0.6) is 0 Å². The van der Waals surface area contributed by atoms with E-state index in [4.69, 9.17) is 9.72 Å². The Morgan fingerprint density at radius 3 is 2.55 bits per heavy atom. The normalized spacial score (nSPS) is 24.6. The zero-order chi connectivity index (χ0) is 20.0. The Kier molecular flexibility index (Phi) is 4.60. The minimum atomic E-state index is -0.353. The zero-order valence-electron chi connectivity index (χ0n) is 16.9. The number of rotatable bonds is 5. The van der Waals surface area contributed by atoms with Crippen LogP contribution >= 0.6 is 0 Å². The van der Waals surface area contributed by atoms with Crippen molar-refractivity contribution in [3.63, 3.8) is 0 Å². The SMILES string of the molecule is CO[C@@H]1C(=O)N(Cc2ccccc2)[C@@H]2CN(Cc3nc4ccccc4n3C)C[C@H]12. The maximum Gasteiger partial charge on any atom is 0.252 e. The van der Waals surface area contributed by atoms with Gasteiger partial charge in [0.2, 0.25) is 0 Å². The fourth-order valence-electron chi connectivity index (χ4n) is 4.95. The third-order valence-electron chi connectivity index (χ3n) is 6.42. The van der Waals surface area contributed by atoms with Crippen molar-refractivity contribution in [2.75, 3.05) is 20.2 Å². The number of fused-ring (bicyclic) bond motifs is 2. The molecule has 0 N–H and O–H groups in total. The van der Waals surface area contributed by atoms with Crippen molar-refractivity contribution in [1.29, 1.82) is 0 Å². The summed E-state index contributed by atoms with van der Waals surface area (Å²) in [6.45, 7) is 3.12. The van der Waals surface area contributed by atoms with Gasteiger partial charge >= 0.3 is 0 Å². The van der Waals surface area contributed by atoms with Crippen molar-refractivity contribution in [3.8, 4) is 0 Å². The molecule has 1 amide bonds. The Hall–Kier alpha value is -2.70. The van der Waals surface area contributed by atoms with Crippen LogP contribution in [0.4, 0.5) is 0 Å². The lowest BCUT2D eigenvalue weighted by molar-refractivity contribution is -0.138. The number of likely N-dealkylation sites (tertiary alicyclic amines) is 2. The third-order valence-corrected chi connectivity index (χ3v) is 6.42. The molecule has 5 rings (SSSR count). The number of nitrogens with zero attached hydrogens (tertiary/aromatic N) is 4. The second kappa shape index (κ2) is 7.28. The number of benzene rings is 2. The van der Waals surface area contributed by atoms with Gasteiger partial charge in [0.15, 0.2) is 0 Å². The van der Waals surface area contributed by atoms with Crippen molar-refractivity contribution < 1.29 is 9.53 Å². The van der Waals surface area contributed by atoms with Gasteiger partial charge in [0, 0.05) is 39.7 Å². The van der Waals surface area contributed by atoms with Crippen molar-refractivity contribution in [2.24, 2.45) is 13.0 Å². The number of amides is 1. The number of aromatic nitrogens is 2. The lowest BCUT2D eigenvalue weighted by Crippen LogP contribution is -2.39. The summed E-state index contributed by atoms with van der Waals surface area (Å²) in [6, 6.07) is 18.6. The summed E-state index contributed by atoms with van der Waals surface area (Å²) < 4.78 is 7.81. The molecule has 0 spiro atoms. The molecule has 2 fully saturated rings. The van der Waals surface area contributed by atoms with Crippen LogP contribution in [-0.2, 0) is 29.7 Å². The molecule has 2 aromatic carbocycles. The van der Waals surface area contributed by atoms with Crippen LogP contribution < -0.4 is 0 Å². The van der Waals surface area contributed by atoms with Crippen molar-refractivity contribution in [1.82, 2.24) is 19.4 Å². The highest BCUT2D eigenvalue weighted by atomic mass is 16.5. The number of imidazole rings is 1. The molecule has 6 nitrogen and oxygen atoms in total. The van der Waals surface area contributed by atoms with E-state index < -0.39 is 0 Å². The average molecular weight is 390 g/mol. The van der Waals surface area contributed by atoms with E-state index >= 15 is 0 Å². The van der Waals surface area contributed by atoms with Crippen LogP contribution in [0.2, 0.25) is 0 Å². The van der Waals surface area contributed by atoms with Gasteiger partial charge in [-0.05, 0) is 17.7 Å². The van der Waals surface area contributed by atoms with Gasteiger partial charge in [0.1, 0.15) is 11.9 Å². The topological polar surface area (TPSA) is 50.6 Å². The van der Waals surface area contributed by atoms with Gasteiger partial charge in [-0.2, -0.15) is 0 Å². The predicted molar refractivity (Wildman–Crippen MR) is 111 cm³/mol. The monoisotopic (exact) mass is 390 g/mol. The highest BCUT2D eigenvalue weighted by molar-refractivity contribution is 5.84. The highest BCUT2D eigenvalue weighted by Crippen LogP contribution is 2.36. The molecule has 2 saturated heterocycles. The van der Waals surface area contributed by atoms with Gasteiger partial charge in [-0.3, -0.25) is 9.69 Å². The molecule has 0 unspecified atom stereocenters. The number of para-hydroxylation sites is 2. The fourth-order valence-corrected chi connectivity index (χ4v) is 4.95. The number of hydrogen-bond acceptors (Lipinski definition) is 4. The van der Waals surface area contributed by atoms with E-state index in [1.807, 2.05) is 35.2 Å². The second-order valence-electron chi connectivity index (χ2n) is 8.11. The van der Waals surface area contributed by atoms with Gasteiger partial charge in [0.25, 0.3) is 5.91 Å². The molecule has 0 bridgehead atoms. The molecule has 0 aliphatic carbocycles. The fraction of sp³-hybridized carbons (Fsp3) is 0.391. The average Bonchev–Trinajstić information content (AvgIpc) is 3.36. The molecule has 0 saturated carbocycles. The zero-order valence-corrected chi connectivity index (χ0v) is 16.9. The van der Waals surface area contributed by atoms with Gasteiger partial charge < -0.3 is 14.2 Å². The Balaban J connectivity index is 1.36. The molecule has 2 aliphatic rings. The van der Waals surface area contributed by atoms with Crippen molar-refractivity contribution >= 4 is 16.9 Å². The second-order valence-corrected chi connectivity index (χ2v) is 8.11. The van der Waals surface area contributed by atoms with Crippen LogP contribution in [0, 0.1) is 5.92 Å². The quantitative estimate of drug-likeness (QED) is 0.672. The first-order valence-corrected chi connectivity index (χ1v) is 10.2. The maximum atomic E-state index is 13.0. The van der Waals surface area contributed by atoms with E-state index in [1.165, 1.54) is 0 Å². The molecule has 3 aromatic rings. The Morgan fingerprint density at radius 2 is 1.79 bits per heavy atom. The van der Waals surface area contributed by atoms with E-state index in [-0.39, 0.29) is 24.0 Å². The molecule has 29 heavy (non-hydrogen) atoms. The molecule has 3 heterocycles. The van der Waals surface area contributed by atoms with E-state index in [1.54, 1.807) is 7.11 Å². The van der Waals surface area contributed by atoms with E-state index in [9.17, 15) is 4.79 Å². The van der Waals surface area contributed by atoms with Crippen LogP contribution in [0.1, 0.15) is 11.4 Å². The molecular weight excluding hydrogens is 364 g/mol. The Labute approximate surface area is 170 Å². The van der Waals surface area contributed by atoms with Crippen molar-refractivity contribution in [3.05, 3.63) is 66.0 Å². The molecule has 6 heteroatoms. The lowest BCUT2D eigenvalue weighted by Gasteiger charge is -2.25. The summed E-state index contributed by atoms with van der Waals surface area (Å²) in [5.41, 5.74) is 3.34. The highest BCUT2D eigenvalue weighted by Gasteiger charge is 2.52. The summed E-state index contributed by atoms with van der Waals surface area (Å²) in [5, 5.41) is 0. The van der Waals surface area contributed by atoms with Gasteiger partial charge in [-0.15, -0.1) is 0 Å². The molecule has 0 radical (unpaired) electrons. The van der Waals surface area contributed by atoms with Crippen LogP contribution in [0.3, 0.4) is 0 Å². The van der Waals surface area contributed by atoms with Crippen molar-refractivity contribution in [2.45, 2.75) is 25.2 Å². The number of carbonyl (C=O) groups excluding carboxylic acids is 1. The number of carbonyl (C=O) groups is 1. The lowest BCUT2D eigenvalue weighted by atomic mass is 10.0. The molecule has 3 atom stereocenters. The predicted octanol–water partition coefficient (Wildman–Crippen LogP) is 2.43. The van der Waals surface area contributed by atoms with E-state index in [2.05, 4.69) is 40.8 Å². The summed E-state index contributed by atoms with van der Waals surface area (Å²) >= 11 is 0. The summed E-state index contributed by atoms with van der Waals surface area (Å²) in [4.78, 5) is 22.2. The molecular formula is C23H26N4O2. The maximum absolute atomic E-state index is 13.0.